The molecule has 1 aromatic rings. The third-order valence-electron chi connectivity index (χ3n) is 4.21. The topological polar surface area (TPSA) is 74.0 Å². The molecular formula is C17H26N2O4. The Morgan fingerprint density at radius 2 is 1.78 bits per heavy atom. The second kappa shape index (κ2) is 8.06. The third-order valence-corrected chi connectivity index (χ3v) is 4.21. The van der Waals surface area contributed by atoms with Gasteiger partial charge in [0, 0.05) is 19.1 Å². The number of hydrogen-bond acceptors (Lipinski definition) is 5. The summed E-state index contributed by atoms with van der Waals surface area (Å²) < 4.78 is 16.0. The van der Waals surface area contributed by atoms with Crippen LogP contribution >= 0.6 is 0 Å². The molecule has 1 heterocycles. The summed E-state index contributed by atoms with van der Waals surface area (Å²) in [6, 6.07) is 3.85. The number of carbonyl (C=O) groups is 1. The number of hydrogen-bond donors (Lipinski definition) is 1. The van der Waals surface area contributed by atoms with Gasteiger partial charge in [-0.15, -0.1) is 0 Å². The van der Waals surface area contributed by atoms with Gasteiger partial charge >= 0.3 is 0 Å². The Morgan fingerprint density at radius 1 is 1.13 bits per heavy atom. The first-order valence-electron chi connectivity index (χ1n) is 7.91. The summed E-state index contributed by atoms with van der Waals surface area (Å²) in [5, 5.41) is 0. The van der Waals surface area contributed by atoms with Crippen LogP contribution in [-0.4, -0.2) is 51.3 Å². The molecule has 0 aromatic heterocycles. The average molecular weight is 322 g/mol. The van der Waals surface area contributed by atoms with Crippen molar-refractivity contribution in [2.75, 3.05) is 34.4 Å². The maximum absolute atomic E-state index is 12.6. The molecule has 0 unspecified atom stereocenters. The predicted molar refractivity (Wildman–Crippen MR) is 88.2 cm³/mol. The molecule has 1 fully saturated rings. The lowest BCUT2D eigenvalue weighted by molar-refractivity contribution is -0.130. The van der Waals surface area contributed by atoms with Gasteiger partial charge in [0.2, 0.25) is 11.7 Å². The molecule has 0 saturated carbocycles. The highest BCUT2D eigenvalue weighted by Crippen LogP contribution is 2.38. The number of ether oxygens (including phenoxy) is 3. The Kier molecular flexibility index (Phi) is 6.10. The highest BCUT2D eigenvalue weighted by Gasteiger charge is 2.20. The zero-order valence-corrected chi connectivity index (χ0v) is 14.1. The molecule has 6 heteroatoms. The van der Waals surface area contributed by atoms with E-state index in [2.05, 4.69) is 0 Å². The van der Waals surface area contributed by atoms with Crippen molar-refractivity contribution < 1.29 is 19.0 Å². The van der Waals surface area contributed by atoms with Crippen LogP contribution in [-0.2, 0) is 11.2 Å². The Hall–Kier alpha value is -1.95. The smallest absolute Gasteiger partial charge is 0.226 e. The molecule has 1 saturated heterocycles. The fourth-order valence-electron chi connectivity index (χ4n) is 2.90. The maximum atomic E-state index is 12.6. The van der Waals surface area contributed by atoms with Crippen molar-refractivity contribution in [2.24, 2.45) is 5.73 Å². The quantitative estimate of drug-likeness (QED) is 0.891. The van der Waals surface area contributed by atoms with E-state index in [4.69, 9.17) is 19.9 Å². The van der Waals surface area contributed by atoms with Crippen LogP contribution in [0.2, 0.25) is 0 Å². The molecule has 0 spiro atoms. The van der Waals surface area contributed by atoms with E-state index >= 15 is 0 Å². The van der Waals surface area contributed by atoms with Gasteiger partial charge in [-0.2, -0.15) is 0 Å². The van der Waals surface area contributed by atoms with Crippen molar-refractivity contribution in [2.45, 2.75) is 31.7 Å². The highest BCUT2D eigenvalue weighted by molar-refractivity contribution is 5.79. The van der Waals surface area contributed by atoms with Crippen molar-refractivity contribution in [3.8, 4) is 17.2 Å². The maximum Gasteiger partial charge on any atom is 0.226 e. The van der Waals surface area contributed by atoms with Crippen LogP contribution in [0.4, 0.5) is 0 Å². The number of amides is 1. The number of benzene rings is 1. The van der Waals surface area contributed by atoms with Gasteiger partial charge in [0.1, 0.15) is 0 Å². The molecule has 128 valence electrons. The van der Waals surface area contributed by atoms with Crippen LogP contribution in [0.1, 0.15) is 24.8 Å². The van der Waals surface area contributed by atoms with Crippen LogP contribution in [0, 0.1) is 0 Å². The van der Waals surface area contributed by atoms with Crippen molar-refractivity contribution in [1.82, 2.24) is 4.90 Å². The van der Waals surface area contributed by atoms with E-state index in [1.165, 1.54) is 0 Å². The summed E-state index contributed by atoms with van der Waals surface area (Å²) in [4.78, 5) is 14.5. The normalized spacial score (nSPS) is 18.3. The summed E-state index contributed by atoms with van der Waals surface area (Å²) in [7, 11) is 4.70. The van der Waals surface area contributed by atoms with E-state index < -0.39 is 0 Å². The molecule has 1 aliphatic heterocycles. The number of methoxy groups -OCH3 is 3. The van der Waals surface area contributed by atoms with Crippen molar-refractivity contribution in [1.29, 1.82) is 0 Å². The van der Waals surface area contributed by atoms with Gasteiger partial charge in [0.25, 0.3) is 0 Å². The lowest BCUT2D eigenvalue weighted by Crippen LogP contribution is -2.34. The van der Waals surface area contributed by atoms with Gasteiger partial charge in [-0.1, -0.05) is 0 Å². The Labute approximate surface area is 137 Å². The first-order valence-corrected chi connectivity index (χ1v) is 7.91. The summed E-state index contributed by atoms with van der Waals surface area (Å²) in [5.74, 6) is 1.76. The zero-order valence-electron chi connectivity index (χ0n) is 14.1. The molecule has 2 rings (SSSR count). The van der Waals surface area contributed by atoms with E-state index in [1.54, 1.807) is 21.3 Å². The Bertz CT molecular complexity index is 522. The minimum Gasteiger partial charge on any atom is -0.493 e. The standard InChI is InChI=1S/C17H26N2O4/c1-21-14-9-12(10-15(22-2)17(14)23-3)11-16(20)19-7-4-5-13(18)6-8-19/h9-10,13H,4-8,11,18H2,1-3H3/t13-/m0/s1. The monoisotopic (exact) mass is 322 g/mol. The Balaban J connectivity index is 2.14. The highest BCUT2D eigenvalue weighted by atomic mass is 16.5. The number of likely N-dealkylation sites (tertiary alicyclic amines) is 1. The Morgan fingerprint density at radius 3 is 2.35 bits per heavy atom. The van der Waals surface area contributed by atoms with E-state index in [0.29, 0.717) is 23.7 Å². The number of nitrogens with two attached hydrogens (primary N) is 1. The lowest BCUT2D eigenvalue weighted by Gasteiger charge is -2.21. The van der Waals surface area contributed by atoms with E-state index in [9.17, 15) is 4.79 Å². The van der Waals surface area contributed by atoms with Crippen molar-refractivity contribution in [3.63, 3.8) is 0 Å². The van der Waals surface area contributed by atoms with Crippen LogP contribution in [0.25, 0.3) is 0 Å². The molecular weight excluding hydrogens is 296 g/mol. The minimum atomic E-state index is 0.105. The molecule has 0 aliphatic carbocycles. The molecule has 0 bridgehead atoms. The molecule has 0 radical (unpaired) electrons. The van der Waals surface area contributed by atoms with E-state index in [-0.39, 0.29) is 11.9 Å². The van der Waals surface area contributed by atoms with Gasteiger partial charge < -0.3 is 24.8 Å². The molecule has 23 heavy (non-hydrogen) atoms. The molecule has 1 aliphatic rings. The minimum absolute atomic E-state index is 0.105. The largest absolute Gasteiger partial charge is 0.493 e. The van der Waals surface area contributed by atoms with E-state index in [1.807, 2.05) is 17.0 Å². The van der Waals surface area contributed by atoms with Crippen LogP contribution in [0.5, 0.6) is 17.2 Å². The van der Waals surface area contributed by atoms with Gasteiger partial charge in [-0.05, 0) is 37.0 Å². The summed E-state index contributed by atoms with van der Waals surface area (Å²) in [5.41, 5.74) is 6.82. The van der Waals surface area contributed by atoms with E-state index in [0.717, 1.165) is 37.9 Å². The van der Waals surface area contributed by atoms with Gasteiger partial charge in [0.05, 0.1) is 27.8 Å². The SMILES string of the molecule is COc1cc(CC(=O)N2CCC[C@H](N)CC2)cc(OC)c1OC. The van der Waals surface area contributed by atoms with Crippen molar-refractivity contribution >= 4 is 5.91 Å². The first kappa shape index (κ1) is 17.4. The molecule has 1 amide bonds. The fraction of sp³-hybridized carbons (Fsp3) is 0.588. The van der Waals surface area contributed by atoms with Gasteiger partial charge in [-0.3, -0.25) is 4.79 Å². The lowest BCUT2D eigenvalue weighted by atomic mass is 10.1. The van der Waals surface area contributed by atoms with Gasteiger partial charge in [0.15, 0.2) is 11.5 Å². The van der Waals surface area contributed by atoms with Gasteiger partial charge in [-0.25, -0.2) is 0 Å². The zero-order chi connectivity index (χ0) is 16.8. The van der Waals surface area contributed by atoms with Crippen molar-refractivity contribution in [3.05, 3.63) is 17.7 Å². The second-order valence-electron chi connectivity index (χ2n) is 5.78. The summed E-state index contributed by atoms with van der Waals surface area (Å²) in [6.07, 6.45) is 3.11. The number of carbonyl (C=O) groups excluding carboxylic acids is 1. The van der Waals surface area contributed by atoms with Crippen LogP contribution in [0.15, 0.2) is 12.1 Å². The van der Waals surface area contributed by atoms with Crippen LogP contribution < -0.4 is 19.9 Å². The first-order chi connectivity index (χ1) is 11.1. The van der Waals surface area contributed by atoms with Crippen LogP contribution in [0.3, 0.4) is 0 Å². The average Bonchev–Trinajstić information content (AvgIpc) is 2.78. The number of nitrogens with zero attached hydrogens (tertiary/aromatic N) is 1. The molecule has 6 nitrogen and oxygen atoms in total. The number of rotatable bonds is 5. The third kappa shape index (κ3) is 4.28. The molecule has 1 atom stereocenters. The summed E-state index contributed by atoms with van der Waals surface area (Å²) in [6.45, 7) is 1.50. The molecule has 2 N–H and O–H groups in total. The second-order valence-corrected chi connectivity index (χ2v) is 5.78. The summed E-state index contributed by atoms with van der Waals surface area (Å²) >= 11 is 0. The fourth-order valence-corrected chi connectivity index (χ4v) is 2.90. The molecule has 1 aromatic carbocycles. The predicted octanol–water partition coefficient (Wildman–Crippen LogP) is 1.59.